The van der Waals surface area contributed by atoms with Crippen molar-refractivity contribution < 1.29 is 4.79 Å². The molecule has 5 nitrogen and oxygen atoms in total. The lowest BCUT2D eigenvalue weighted by molar-refractivity contribution is -0.129. The molecule has 1 amide bonds. The lowest BCUT2D eigenvalue weighted by Crippen LogP contribution is -2.45. The van der Waals surface area contributed by atoms with Gasteiger partial charge in [0, 0.05) is 37.2 Å². The summed E-state index contributed by atoms with van der Waals surface area (Å²) in [6.45, 7) is 1.59. The summed E-state index contributed by atoms with van der Waals surface area (Å²) in [5.41, 5.74) is 1.11. The lowest BCUT2D eigenvalue weighted by Gasteiger charge is -2.33. The molecule has 1 atom stereocenters. The number of carbonyl (C=O) groups is 1. The van der Waals surface area contributed by atoms with E-state index in [0.717, 1.165) is 31.6 Å². The summed E-state index contributed by atoms with van der Waals surface area (Å²) < 4.78 is 0. The molecule has 1 N–H and O–H groups in total. The van der Waals surface area contributed by atoms with Crippen molar-refractivity contribution in [2.75, 3.05) is 24.2 Å². The van der Waals surface area contributed by atoms with Crippen molar-refractivity contribution >= 4 is 23.4 Å². The number of thioether (sulfide) groups is 1. The summed E-state index contributed by atoms with van der Waals surface area (Å²) in [6.07, 6.45) is 5.51. The van der Waals surface area contributed by atoms with Gasteiger partial charge in [0.2, 0.25) is 5.91 Å². The predicted octanol–water partition coefficient (Wildman–Crippen LogP) is 2.67. The number of hydrogen-bond donors (Lipinski definition) is 1. The van der Waals surface area contributed by atoms with Crippen molar-refractivity contribution in [1.29, 1.82) is 0 Å². The monoisotopic (exact) mass is 328 g/mol. The first-order chi connectivity index (χ1) is 11.3. The molecule has 1 fully saturated rings. The molecule has 1 aliphatic rings. The lowest BCUT2D eigenvalue weighted by atomic mass is 10.1. The molecule has 2 aromatic rings. The Morgan fingerprint density at radius 3 is 2.78 bits per heavy atom. The summed E-state index contributed by atoms with van der Waals surface area (Å²) in [5.74, 6) is 0.546. The first kappa shape index (κ1) is 15.8. The van der Waals surface area contributed by atoms with Crippen LogP contribution in [0.5, 0.6) is 0 Å². The number of aromatic nitrogens is 2. The average Bonchev–Trinajstić information content (AvgIpc) is 2.62. The minimum atomic E-state index is 0.155. The van der Waals surface area contributed by atoms with Crippen LogP contribution in [0.2, 0.25) is 0 Å². The molecule has 1 aliphatic heterocycles. The van der Waals surface area contributed by atoms with E-state index in [-0.39, 0.29) is 5.91 Å². The molecule has 120 valence electrons. The molecule has 0 saturated carbocycles. The Morgan fingerprint density at radius 2 is 2.00 bits per heavy atom. The summed E-state index contributed by atoms with van der Waals surface area (Å²) in [6, 6.07) is 12.2. The van der Waals surface area contributed by atoms with E-state index in [4.69, 9.17) is 0 Å². The summed E-state index contributed by atoms with van der Waals surface area (Å²) in [7, 11) is 0. The smallest absolute Gasteiger partial charge is 0.233 e. The second kappa shape index (κ2) is 7.97. The number of hydrogen-bond acceptors (Lipinski definition) is 5. The number of anilines is 1. The van der Waals surface area contributed by atoms with Crippen molar-refractivity contribution in [3.8, 4) is 0 Å². The van der Waals surface area contributed by atoms with Crippen LogP contribution in [-0.4, -0.2) is 45.7 Å². The van der Waals surface area contributed by atoms with Gasteiger partial charge >= 0.3 is 0 Å². The molecule has 0 aliphatic carbocycles. The molecule has 2 heterocycles. The average molecular weight is 328 g/mol. The Balaban J connectivity index is 1.50. The normalized spacial score (nSPS) is 17.7. The van der Waals surface area contributed by atoms with Crippen molar-refractivity contribution in [3.05, 3.63) is 48.8 Å². The molecule has 6 heteroatoms. The third-order valence-electron chi connectivity index (χ3n) is 3.79. The van der Waals surface area contributed by atoms with E-state index in [1.165, 1.54) is 11.8 Å². The molecule has 0 bridgehead atoms. The third-order valence-corrected chi connectivity index (χ3v) is 4.65. The topological polar surface area (TPSA) is 58.1 Å². The molecule has 0 spiro atoms. The number of amides is 1. The first-order valence-electron chi connectivity index (χ1n) is 7.80. The Hall–Kier alpha value is -2.08. The zero-order chi connectivity index (χ0) is 15.9. The number of para-hydroxylation sites is 1. The molecular weight excluding hydrogens is 308 g/mol. The van der Waals surface area contributed by atoms with Crippen molar-refractivity contribution in [2.24, 2.45) is 0 Å². The van der Waals surface area contributed by atoms with Gasteiger partial charge in [-0.25, -0.2) is 9.97 Å². The van der Waals surface area contributed by atoms with Gasteiger partial charge in [0.1, 0.15) is 0 Å². The van der Waals surface area contributed by atoms with Crippen LogP contribution in [0.15, 0.2) is 53.9 Å². The van der Waals surface area contributed by atoms with Crippen LogP contribution in [0.1, 0.15) is 12.8 Å². The molecule has 1 aromatic heterocycles. The van der Waals surface area contributed by atoms with E-state index in [1.54, 1.807) is 18.5 Å². The number of benzene rings is 1. The Kier molecular flexibility index (Phi) is 5.47. The van der Waals surface area contributed by atoms with Crippen LogP contribution in [0.3, 0.4) is 0 Å². The van der Waals surface area contributed by atoms with Crippen LogP contribution < -0.4 is 5.32 Å². The second-order valence-corrected chi connectivity index (χ2v) is 6.45. The van der Waals surface area contributed by atoms with E-state index < -0.39 is 0 Å². The highest BCUT2D eigenvalue weighted by molar-refractivity contribution is 7.99. The maximum absolute atomic E-state index is 12.4. The third kappa shape index (κ3) is 4.69. The zero-order valence-corrected chi connectivity index (χ0v) is 13.7. The van der Waals surface area contributed by atoms with Crippen molar-refractivity contribution in [2.45, 2.75) is 24.0 Å². The fraction of sp³-hybridized carbons (Fsp3) is 0.353. The number of nitrogens with zero attached hydrogens (tertiary/aromatic N) is 3. The molecule has 23 heavy (non-hydrogen) atoms. The van der Waals surface area contributed by atoms with Gasteiger partial charge in [-0.15, -0.1) is 0 Å². The van der Waals surface area contributed by atoms with Crippen LogP contribution in [0, 0.1) is 0 Å². The fourth-order valence-corrected chi connectivity index (χ4v) is 3.38. The molecule has 3 rings (SSSR count). The van der Waals surface area contributed by atoms with Gasteiger partial charge in [0.05, 0.1) is 5.75 Å². The van der Waals surface area contributed by atoms with E-state index in [0.29, 0.717) is 17.0 Å². The van der Waals surface area contributed by atoms with Crippen molar-refractivity contribution in [1.82, 2.24) is 14.9 Å². The molecule has 1 saturated heterocycles. The van der Waals surface area contributed by atoms with Crippen LogP contribution in [0.25, 0.3) is 0 Å². The maximum atomic E-state index is 12.4. The maximum Gasteiger partial charge on any atom is 0.233 e. The highest BCUT2D eigenvalue weighted by Gasteiger charge is 2.23. The number of carbonyl (C=O) groups excluding carboxylic acids is 1. The predicted molar refractivity (Wildman–Crippen MR) is 92.4 cm³/mol. The minimum absolute atomic E-state index is 0.155. The largest absolute Gasteiger partial charge is 0.381 e. The van der Waals surface area contributed by atoms with Crippen molar-refractivity contribution in [3.63, 3.8) is 0 Å². The van der Waals surface area contributed by atoms with E-state index in [9.17, 15) is 4.79 Å². The van der Waals surface area contributed by atoms with Gasteiger partial charge in [-0.1, -0.05) is 30.0 Å². The SMILES string of the molecule is O=C(CSc1ncccn1)N1CCCC(Nc2ccccc2)C1. The molecule has 1 unspecified atom stereocenters. The second-order valence-electron chi connectivity index (χ2n) is 5.51. The summed E-state index contributed by atoms with van der Waals surface area (Å²) >= 11 is 1.39. The van der Waals surface area contributed by atoms with Gasteiger partial charge in [-0.05, 0) is 31.0 Å². The first-order valence-corrected chi connectivity index (χ1v) is 8.79. The van der Waals surface area contributed by atoms with Crippen LogP contribution in [-0.2, 0) is 4.79 Å². The zero-order valence-electron chi connectivity index (χ0n) is 12.9. The van der Waals surface area contributed by atoms with Gasteiger partial charge in [0.25, 0.3) is 0 Å². The van der Waals surface area contributed by atoms with Gasteiger partial charge in [-0.3, -0.25) is 4.79 Å². The quantitative estimate of drug-likeness (QED) is 0.675. The number of likely N-dealkylation sites (tertiary alicyclic amines) is 1. The Morgan fingerprint density at radius 1 is 1.22 bits per heavy atom. The Bertz CT molecular complexity index is 623. The fourth-order valence-electron chi connectivity index (χ4n) is 2.67. The van der Waals surface area contributed by atoms with Crippen LogP contribution >= 0.6 is 11.8 Å². The Labute approximate surface area is 140 Å². The van der Waals surface area contributed by atoms with Gasteiger partial charge in [-0.2, -0.15) is 0 Å². The van der Waals surface area contributed by atoms with Gasteiger partial charge in [0.15, 0.2) is 5.16 Å². The highest BCUT2D eigenvalue weighted by Crippen LogP contribution is 2.18. The number of piperidine rings is 1. The van der Waals surface area contributed by atoms with Crippen LogP contribution in [0.4, 0.5) is 5.69 Å². The highest BCUT2D eigenvalue weighted by atomic mass is 32.2. The standard InChI is InChI=1S/C17H20N4OS/c22-16(13-23-17-18-9-5-10-19-17)21-11-4-8-15(12-21)20-14-6-2-1-3-7-14/h1-3,5-7,9-10,15,20H,4,8,11-13H2. The van der Waals surface area contributed by atoms with Gasteiger partial charge < -0.3 is 10.2 Å². The molecular formula is C17H20N4OS. The van der Waals surface area contributed by atoms with E-state index in [2.05, 4.69) is 27.4 Å². The molecule has 1 aromatic carbocycles. The number of nitrogens with one attached hydrogen (secondary N) is 1. The molecule has 0 radical (unpaired) electrons. The van der Waals surface area contributed by atoms with E-state index >= 15 is 0 Å². The summed E-state index contributed by atoms with van der Waals surface area (Å²) in [4.78, 5) is 22.6. The number of rotatable bonds is 5. The van der Waals surface area contributed by atoms with E-state index in [1.807, 2.05) is 23.1 Å². The minimum Gasteiger partial charge on any atom is -0.381 e. The summed E-state index contributed by atoms with van der Waals surface area (Å²) in [5, 5.41) is 4.16.